The van der Waals surface area contributed by atoms with E-state index in [1.54, 1.807) is 24.3 Å². The number of nitrogens with two attached hydrogens (primary N) is 3. The molecule has 19 heteroatoms. The summed E-state index contributed by atoms with van der Waals surface area (Å²) in [5.74, 6) is -6.21. The van der Waals surface area contributed by atoms with Crippen LogP contribution in [0.15, 0.2) is 72.8 Å². The van der Waals surface area contributed by atoms with E-state index in [-0.39, 0.29) is 24.3 Å². The number of primary amides is 2. The Bertz CT molecular complexity index is 1800. The number of rotatable bonds is 17. The van der Waals surface area contributed by atoms with E-state index in [2.05, 4.69) is 20.5 Å². The Morgan fingerprint density at radius 1 is 0.824 bits per heavy atom. The lowest BCUT2D eigenvalue weighted by Crippen LogP contribution is -2.58. The van der Waals surface area contributed by atoms with Crippen molar-refractivity contribution in [1.29, 1.82) is 0 Å². The van der Waals surface area contributed by atoms with E-state index in [0.717, 1.165) is 0 Å². The molecule has 272 valence electrons. The van der Waals surface area contributed by atoms with Crippen LogP contribution in [0.25, 0.3) is 0 Å². The average molecular weight is 729 g/mol. The van der Waals surface area contributed by atoms with Crippen molar-refractivity contribution in [3.05, 3.63) is 95.1 Å². The Balaban J connectivity index is 1.93. The van der Waals surface area contributed by atoms with Gasteiger partial charge in [0.1, 0.15) is 30.5 Å². The van der Waals surface area contributed by atoms with Gasteiger partial charge in [-0.1, -0.05) is 43.3 Å². The summed E-state index contributed by atoms with van der Waals surface area (Å²) in [6, 6.07) is 12.6. The van der Waals surface area contributed by atoms with E-state index in [0.29, 0.717) is 22.4 Å². The van der Waals surface area contributed by atoms with Gasteiger partial charge in [-0.05, 0) is 53.1 Å². The Labute approximate surface area is 290 Å². The van der Waals surface area contributed by atoms with Crippen molar-refractivity contribution in [3.8, 4) is 5.75 Å². The molecule has 3 aromatic rings. The number of carbonyl (C=O) groups is 6. The van der Waals surface area contributed by atoms with Crippen LogP contribution in [-0.2, 0) is 41.5 Å². The largest absolute Gasteiger partial charge is 0.524 e. The molecule has 3 rings (SSSR count). The average Bonchev–Trinajstić information content (AvgIpc) is 3.05. The third-order valence-electron chi connectivity index (χ3n) is 7.35. The molecule has 18 nitrogen and oxygen atoms in total. The van der Waals surface area contributed by atoms with Crippen LogP contribution in [0.5, 0.6) is 5.75 Å². The number of hydrogen-bond donors (Lipinski definition) is 9. The number of aromatic carboxylic acids is 1. The Hall–Kier alpha value is -5.97. The van der Waals surface area contributed by atoms with Gasteiger partial charge in [0, 0.05) is 18.0 Å². The van der Waals surface area contributed by atoms with Crippen LogP contribution in [0, 0.1) is 0 Å². The molecule has 51 heavy (non-hydrogen) atoms. The van der Waals surface area contributed by atoms with E-state index >= 15 is 0 Å². The zero-order valence-electron chi connectivity index (χ0n) is 27.1. The van der Waals surface area contributed by atoms with E-state index in [1.807, 2.05) is 0 Å². The van der Waals surface area contributed by atoms with Crippen molar-refractivity contribution in [2.75, 3.05) is 5.73 Å². The fourth-order valence-corrected chi connectivity index (χ4v) is 5.16. The van der Waals surface area contributed by atoms with E-state index < -0.39 is 74.0 Å². The topological polar surface area (TPSA) is 313 Å². The van der Waals surface area contributed by atoms with Crippen LogP contribution in [-0.4, -0.2) is 68.7 Å². The second-order valence-electron chi connectivity index (χ2n) is 11.3. The highest BCUT2D eigenvalue weighted by atomic mass is 31.2. The van der Waals surface area contributed by atoms with Crippen molar-refractivity contribution in [3.63, 3.8) is 0 Å². The minimum Gasteiger partial charge on any atom is -0.478 e. The third-order valence-corrected chi connectivity index (χ3v) is 7.79. The van der Waals surface area contributed by atoms with Crippen molar-refractivity contribution in [1.82, 2.24) is 16.0 Å². The molecule has 0 aliphatic carbocycles. The number of hydrogen-bond acceptors (Lipinski definition) is 10. The lowest BCUT2D eigenvalue weighted by atomic mass is 9.91. The van der Waals surface area contributed by atoms with Crippen LogP contribution < -0.4 is 37.7 Å². The van der Waals surface area contributed by atoms with Crippen LogP contribution in [0.1, 0.15) is 46.3 Å². The van der Waals surface area contributed by atoms with Gasteiger partial charge in [0.05, 0.1) is 12.0 Å². The predicted octanol–water partition coefficient (Wildman–Crippen LogP) is 0.410. The fraction of sp³-hybridized carbons (Fsp3) is 0.250. The third kappa shape index (κ3) is 12.8. The lowest BCUT2D eigenvalue weighted by molar-refractivity contribution is -0.133. The van der Waals surface area contributed by atoms with Crippen LogP contribution in [0.3, 0.4) is 0 Å². The molecule has 0 bridgehead atoms. The van der Waals surface area contributed by atoms with Crippen LogP contribution in [0.2, 0.25) is 0 Å². The zero-order valence-corrected chi connectivity index (χ0v) is 27.9. The maximum Gasteiger partial charge on any atom is 0.524 e. The van der Waals surface area contributed by atoms with Gasteiger partial charge in [-0.15, -0.1) is 0 Å². The van der Waals surface area contributed by atoms with E-state index in [9.17, 15) is 38.4 Å². The van der Waals surface area contributed by atoms with Crippen molar-refractivity contribution >= 4 is 49.2 Å². The second kappa shape index (κ2) is 17.6. The number of benzene rings is 3. The number of alkyl carbamates (subject to hydrolysis) is 1. The molecule has 1 unspecified atom stereocenters. The molecule has 0 saturated heterocycles. The molecule has 0 fully saturated rings. The van der Waals surface area contributed by atoms with Gasteiger partial charge in [-0.3, -0.25) is 29.0 Å². The molecule has 0 aliphatic heterocycles. The first-order chi connectivity index (χ1) is 23.9. The number of amides is 5. The first-order valence-electron chi connectivity index (χ1n) is 15.0. The summed E-state index contributed by atoms with van der Waals surface area (Å²) in [6.45, 7) is 1.30. The Morgan fingerprint density at radius 3 is 2.02 bits per heavy atom. The maximum absolute atomic E-state index is 13.9. The number of ether oxygens (including phenoxy) is 1. The monoisotopic (exact) mass is 728 g/mol. The van der Waals surface area contributed by atoms with Gasteiger partial charge in [-0.25, -0.2) is 14.2 Å². The molecule has 0 saturated carbocycles. The van der Waals surface area contributed by atoms with Crippen LogP contribution in [0.4, 0.5) is 10.5 Å². The Kier molecular flexibility index (Phi) is 13.6. The van der Waals surface area contributed by atoms with E-state index in [4.69, 9.17) is 31.7 Å². The summed E-state index contributed by atoms with van der Waals surface area (Å²) in [7, 11) is -4.86. The summed E-state index contributed by atoms with van der Waals surface area (Å²) in [5, 5.41) is 16.6. The molecule has 4 atom stereocenters. The van der Waals surface area contributed by atoms with E-state index in [1.165, 1.54) is 55.5 Å². The summed E-state index contributed by atoms with van der Waals surface area (Å²) in [5.41, 5.74) is 18.0. The molecular weight excluding hydrogens is 691 g/mol. The lowest BCUT2D eigenvalue weighted by Gasteiger charge is -2.28. The van der Waals surface area contributed by atoms with Gasteiger partial charge in [0.2, 0.25) is 23.6 Å². The zero-order chi connectivity index (χ0) is 37.9. The molecule has 3 aromatic carbocycles. The first-order valence-corrected chi connectivity index (χ1v) is 16.6. The smallest absolute Gasteiger partial charge is 0.478 e. The molecule has 5 amide bonds. The minimum atomic E-state index is -4.86. The normalized spacial score (nSPS) is 13.4. The number of carboxylic acids is 1. The number of carboxylic acid groups (broad SMARTS) is 1. The number of nitrogens with one attached hydrogen (secondary N) is 3. The fourth-order valence-electron chi connectivity index (χ4n) is 4.76. The molecule has 0 heterocycles. The van der Waals surface area contributed by atoms with Gasteiger partial charge in [0.25, 0.3) is 0 Å². The highest BCUT2D eigenvalue weighted by Crippen LogP contribution is 2.37. The molecule has 0 aliphatic rings. The van der Waals surface area contributed by atoms with Crippen LogP contribution >= 0.6 is 7.82 Å². The summed E-state index contributed by atoms with van der Waals surface area (Å²) in [4.78, 5) is 93.6. The van der Waals surface area contributed by atoms with Crippen molar-refractivity contribution < 1.29 is 57.5 Å². The summed E-state index contributed by atoms with van der Waals surface area (Å²) >= 11 is 0. The second-order valence-corrected chi connectivity index (χ2v) is 12.4. The number of phosphoric acid groups is 1. The first kappa shape index (κ1) is 39.5. The van der Waals surface area contributed by atoms with Gasteiger partial charge in [-0.2, -0.15) is 0 Å². The van der Waals surface area contributed by atoms with Gasteiger partial charge < -0.3 is 47.5 Å². The SMILES string of the molecule is CC(c1ccc(C(=O)O)cc1)[C@H](NC(=O)[C@H](Cc1ccc(OP(=O)(O)O)cc1)NC(=O)OCc1cccc(N)c1)C(=O)N[C@@H](CC(N)=O)C(N)=O. The van der Waals surface area contributed by atoms with Crippen molar-refractivity contribution in [2.45, 2.75) is 50.4 Å². The molecule has 12 N–H and O–H groups in total. The highest BCUT2D eigenvalue weighted by molar-refractivity contribution is 7.46. The van der Waals surface area contributed by atoms with Crippen molar-refractivity contribution in [2.24, 2.45) is 11.5 Å². The van der Waals surface area contributed by atoms with Gasteiger partial charge >= 0.3 is 19.9 Å². The maximum atomic E-state index is 13.9. The number of anilines is 1. The summed E-state index contributed by atoms with van der Waals surface area (Å²) in [6.07, 6.45) is -1.92. The predicted molar refractivity (Wildman–Crippen MR) is 179 cm³/mol. The Morgan fingerprint density at radius 2 is 1.47 bits per heavy atom. The molecule has 0 spiro atoms. The number of carbonyl (C=O) groups excluding carboxylic acids is 5. The molecular formula is C32H37N6O12P. The minimum absolute atomic E-state index is 0.0515. The number of nitrogen functional groups attached to an aromatic ring is 1. The van der Waals surface area contributed by atoms with Gasteiger partial charge in [0.15, 0.2) is 0 Å². The highest BCUT2D eigenvalue weighted by Gasteiger charge is 2.34. The molecule has 0 radical (unpaired) electrons. The number of phosphoric ester groups is 1. The molecule has 0 aromatic heterocycles. The summed E-state index contributed by atoms with van der Waals surface area (Å²) < 4.78 is 21.0. The standard InChI is InChI=1S/C32H37N6O12P/c1-17(20-7-9-21(10-8-20)31(43)44)27(30(42)36-24(28(35)40)15-26(34)39)38-29(41)25(14-18-5-11-23(12-6-18)50-51(46,47)48)37-32(45)49-16-19-3-2-4-22(33)13-19/h2-13,17,24-25,27H,14-16,33H2,1H3,(H2,34,39)(H2,35,40)(H,36,42)(H,37,45)(H,38,41)(H,43,44)(H2,46,47,48)/t17?,24-,25-,27-/m0/s1. The quantitative estimate of drug-likeness (QED) is 0.0673.